The molecule has 0 bridgehead atoms. The van der Waals surface area contributed by atoms with E-state index in [0.29, 0.717) is 6.04 Å². The number of fused-ring (bicyclic) bond motifs is 1. The molecule has 1 aromatic carbocycles. The topological polar surface area (TPSA) is 41.5 Å². The van der Waals surface area contributed by atoms with Crippen molar-refractivity contribution in [3.63, 3.8) is 0 Å². The van der Waals surface area contributed by atoms with Crippen LogP contribution in [-0.4, -0.2) is 29.9 Å². The summed E-state index contributed by atoms with van der Waals surface area (Å²) < 4.78 is 5.90. The summed E-state index contributed by atoms with van der Waals surface area (Å²) >= 11 is 0. The van der Waals surface area contributed by atoms with Crippen LogP contribution in [0.5, 0.6) is 5.75 Å². The average molecular weight is 247 g/mol. The van der Waals surface area contributed by atoms with E-state index in [0.717, 1.165) is 25.1 Å². The lowest BCUT2D eigenvalue weighted by atomic mass is 9.64. The molecule has 1 heterocycles. The van der Waals surface area contributed by atoms with E-state index < -0.39 is 0 Å². The Balaban J connectivity index is 1.52. The molecule has 1 fully saturated rings. The van der Waals surface area contributed by atoms with E-state index in [1.54, 1.807) is 0 Å². The van der Waals surface area contributed by atoms with Gasteiger partial charge in [-0.15, -0.1) is 0 Å². The largest absolute Gasteiger partial charge is 0.488 e. The van der Waals surface area contributed by atoms with Gasteiger partial charge in [0.15, 0.2) is 0 Å². The molecule has 3 atom stereocenters. The molecule has 1 aromatic rings. The molecule has 98 valence electrons. The predicted octanol–water partition coefficient (Wildman–Crippen LogP) is 1.74. The lowest BCUT2D eigenvalue weighted by Gasteiger charge is -2.49. The lowest BCUT2D eigenvalue weighted by Crippen LogP contribution is -2.61. The molecule has 1 aliphatic carbocycles. The van der Waals surface area contributed by atoms with Crippen LogP contribution < -0.4 is 10.1 Å². The zero-order chi connectivity index (χ0) is 12.8. The Kier molecular flexibility index (Phi) is 2.83. The first kappa shape index (κ1) is 12.0. The van der Waals surface area contributed by atoms with Crippen LogP contribution in [0.2, 0.25) is 0 Å². The molecule has 1 saturated carbocycles. The Morgan fingerprint density at radius 2 is 2.17 bits per heavy atom. The maximum atomic E-state index is 9.71. The Labute approximate surface area is 108 Å². The molecule has 18 heavy (non-hydrogen) atoms. The predicted molar refractivity (Wildman–Crippen MR) is 70.8 cm³/mol. The molecule has 3 heteroatoms. The zero-order valence-electron chi connectivity index (χ0n) is 11.0. The van der Waals surface area contributed by atoms with Crippen molar-refractivity contribution in [3.8, 4) is 5.75 Å². The molecule has 1 aliphatic heterocycles. The smallest absolute Gasteiger partial charge is 0.123 e. The van der Waals surface area contributed by atoms with Gasteiger partial charge in [0.05, 0.1) is 6.10 Å². The third-order valence-corrected chi connectivity index (χ3v) is 4.52. The van der Waals surface area contributed by atoms with Crippen molar-refractivity contribution >= 4 is 0 Å². The summed E-state index contributed by atoms with van der Waals surface area (Å²) in [6, 6.07) is 8.64. The third-order valence-electron chi connectivity index (χ3n) is 4.52. The van der Waals surface area contributed by atoms with Crippen molar-refractivity contribution in [3.05, 3.63) is 29.8 Å². The number of ether oxygens (including phenoxy) is 1. The number of hydrogen-bond acceptors (Lipinski definition) is 3. The van der Waals surface area contributed by atoms with Crippen molar-refractivity contribution in [2.45, 2.75) is 44.9 Å². The first-order valence-electron chi connectivity index (χ1n) is 6.73. The fourth-order valence-corrected chi connectivity index (χ4v) is 2.89. The van der Waals surface area contributed by atoms with Gasteiger partial charge in [0.25, 0.3) is 0 Å². The normalized spacial score (nSPS) is 32.5. The molecule has 2 aliphatic rings. The fraction of sp³-hybridized carbons (Fsp3) is 0.600. The van der Waals surface area contributed by atoms with Crippen LogP contribution in [0.3, 0.4) is 0 Å². The molecule has 3 nitrogen and oxygen atoms in total. The van der Waals surface area contributed by atoms with Gasteiger partial charge in [-0.05, 0) is 18.1 Å². The number of aliphatic hydroxyl groups is 1. The molecule has 2 N–H and O–H groups in total. The summed E-state index contributed by atoms with van der Waals surface area (Å²) in [4.78, 5) is 0. The minimum atomic E-state index is -0.170. The molecule has 3 rings (SSSR count). The van der Waals surface area contributed by atoms with Gasteiger partial charge in [0, 0.05) is 24.4 Å². The van der Waals surface area contributed by atoms with Crippen molar-refractivity contribution in [2.75, 3.05) is 6.54 Å². The van der Waals surface area contributed by atoms with Crippen molar-refractivity contribution in [2.24, 2.45) is 5.41 Å². The second kappa shape index (κ2) is 4.25. The van der Waals surface area contributed by atoms with Gasteiger partial charge in [-0.2, -0.15) is 0 Å². The number of nitrogens with one attached hydrogen (secondary N) is 1. The Morgan fingerprint density at radius 1 is 1.39 bits per heavy atom. The minimum absolute atomic E-state index is 0.00848. The molecule has 3 unspecified atom stereocenters. The van der Waals surface area contributed by atoms with Gasteiger partial charge >= 0.3 is 0 Å². The number of para-hydroxylation sites is 1. The quantitative estimate of drug-likeness (QED) is 0.855. The van der Waals surface area contributed by atoms with E-state index >= 15 is 0 Å². The van der Waals surface area contributed by atoms with E-state index in [4.69, 9.17) is 4.74 Å². The van der Waals surface area contributed by atoms with Crippen LogP contribution in [0, 0.1) is 5.41 Å². The second-order valence-electron chi connectivity index (χ2n) is 6.09. The molecule has 0 amide bonds. The van der Waals surface area contributed by atoms with Crippen LogP contribution in [0.15, 0.2) is 24.3 Å². The first-order chi connectivity index (χ1) is 8.57. The average Bonchev–Trinajstić information content (AvgIpc) is 2.76. The lowest BCUT2D eigenvalue weighted by molar-refractivity contribution is -0.0740. The van der Waals surface area contributed by atoms with Gasteiger partial charge in [-0.3, -0.25) is 0 Å². The number of benzene rings is 1. The molecule has 0 radical (unpaired) electrons. The van der Waals surface area contributed by atoms with E-state index in [9.17, 15) is 5.11 Å². The Hall–Kier alpha value is -1.06. The number of hydrogen-bond donors (Lipinski definition) is 2. The molecular formula is C15H21NO2. The van der Waals surface area contributed by atoms with Crippen LogP contribution in [0.25, 0.3) is 0 Å². The second-order valence-corrected chi connectivity index (χ2v) is 6.09. The summed E-state index contributed by atoms with van der Waals surface area (Å²) in [5, 5.41) is 13.2. The summed E-state index contributed by atoms with van der Waals surface area (Å²) in [6.07, 6.45) is 1.90. The van der Waals surface area contributed by atoms with Crippen molar-refractivity contribution in [1.82, 2.24) is 5.32 Å². The van der Waals surface area contributed by atoms with Crippen molar-refractivity contribution < 1.29 is 9.84 Å². The molecule has 0 spiro atoms. The Morgan fingerprint density at radius 3 is 2.83 bits per heavy atom. The standard InChI is InChI=1S/C15H21NO2/c1-15(2)13(8-14(15)17)16-9-11-7-10-5-3-4-6-12(10)18-11/h3-6,11,13-14,16-17H,7-9H2,1-2H3. The van der Waals surface area contributed by atoms with E-state index in [2.05, 4.69) is 31.3 Å². The van der Waals surface area contributed by atoms with Gasteiger partial charge in [0.2, 0.25) is 0 Å². The molecule has 0 aromatic heterocycles. The van der Waals surface area contributed by atoms with Crippen molar-refractivity contribution in [1.29, 1.82) is 0 Å². The zero-order valence-corrected chi connectivity index (χ0v) is 11.0. The fourth-order valence-electron chi connectivity index (χ4n) is 2.89. The highest BCUT2D eigenvalue weighted by atomic mass is 16.5. The van der Waals surface area contributed by atoms with Gasteiger partial charge < -0.3 is 15.2 Å². The Bertz CT molecular complexity index is 419. The van der Waals surface area contributed by atoms with Gasteiger partial charge in [-0.1, -0.05) is 32.0 Å². The SMILES string of the molecule is CC1(C)C(O)CC1NCC1Cc2ccccc2O1. The van der Waals surface area contributed by atoms with E-state index in [-0.39, 0.29) is 17.6 Å². The van der Waals surface area contributed by atoms with Crippen LogP contribution in [-0.2, 0) is 6.42 Å². The maximum Gasteiger partial charge on any atom is 0.123 e. The van der Waals surface area contributed by atoms with E-state index in [1.165, 1.54) is 5.56 Å². The minimum Gasteiger partial charge on any atom is -0.488 e. The van der Waals surface area contributed by atoms with Gasteiger partial charge in [0.1, 0.15) is 11.9 Å². The van der Waals surface area contributed by atoms with E-state index in [1.807, 2.05) is 12.1 Å². The van der Waals surface area contributed by atoms with Crippen LogP contribution in [0.1, 0.15) is 25.8 Å². The highest BCUT2D eigenvalue weighted by Crippen LogP contribution is 2.40. The molecular weight excluding hydrogens is 226 g/mol. The first-order valence-corrected chi connectivity index (χ1v) is 6.73. The number of aliphatic hydroxyl groups excluding tert-OH is 1. The van der Waals surface area contributed by atoms with Crippen LogP contribution in [0.4, 0.5) is 0 Å². The summed E-state index contributed by atoms with van der Waals surface area (Å²) in [5.74, 6) is 1.03. The maximum absolute atomic E-state index is 9.71. The highest BCUT2D eigenvalue weighted by molar-refractivity contribution is 5.37. The molecule has 0 saturated heterocycles. The third kappa shape index (κ3) is 1.91. The summed E-state index contributed by atoms with van der Waals surface area (Å²) in [5.41, 5.74) is 1.29. The summed E-state index contributed by atoms with van der Waals surface area (Å²) in [6.45, 7) is 5.08. The van der Waals surface area contributed by atoms with Gasteiger partial charge in [-0.25, -0.2) is 0 Å². The summed E-state index contributed by atoms with van der Waals surface area (Å²) in [7, 11) is 0. The monoisotopic (exact) mass is 247 g/mol. The highest BCUT2D eigenvalue weighted by Gasteiger charge is 2.47. The number of rotatable bonds is 3. The van der Waals surface area contributed by atoms with Crippen LogP contribution >= 0.6 is 0 Å².